The van der Waals surface area contributed by atoms with Gasteiger partial charge in [-0.05, 0) is 31.1 Å². The van der Waals surface area contributed by atoms with Crippen LogP contribution in [-0.2, 0) is 28.6 Å². The van der Waals surface area contributed by atoms with E-state index in [1.807, 2.05) is 0 Å². The second-order valence-electron chi connectivity index (χ2n) is 17.6. The molecule has 0 heterocycles. The van der Waals surface area contributed by atoms with E-state index in [2.05, 4.69) is 34.6 Å². The molecular weight excluding hydrogens is 697 g/mol. The molecule has 0 aromatic carbocycles. The van der Waals surface area contributed by atoms with Gasteiger partial charge in [0.05, 0.1) is 0 Å². The maximum absolute atomic E-state index is 12.7. The number of rotatable bonds is 44. The molecule has 3 atom stereocenters. The van der Waals surface area contributed by atoms with Gasteiger partial charge in [0.25, 0.3) is 0 Å². The van der Waals surface area contributed by atoms with Crippen LogP contribution in [0.25, 0.3) is 0 Å². The summed E-state index contributed by atoms with van der Waals surface area (Å²) in [5.41, 5.74) is 0. The SMILES string of the molecule is CCCCCCCCCCCCCCC(=O)OC[C@H](COC(=O)CCCCCCCCCCCCC(C)CC)OC(=O)CCCCCCCCCCC(C)CC. The first-order valence-electron chi connectivity index (χ1n) is 24.8. The molecule has 0 bridgehead atoms. The van der Waals surface area contributed by atoms with Crippen molar-refractivity contribution in [3.8, 4) is 0 Å². The Hall–Kier alpha value is -1.59. The molecule has 0 spiro atoms. The molecular formula is C50H96O6. The molecule has 6 heteroatoms. The first kappa shape index (κ1) is 54.4. The Labute approximate surface area is 348 Å². The number of hydrogen-bond acceptors (Lipinski definition) is 6. The van der Waals surface area contributed by atoms with Gasteiger partial charge in [-0.3, -0.25) is 14.4 Å². The van der Waals surface area contributed by atoms with E-state index in [9.17, 15) is 14.4 Å². The Morgan fingerprint density at radius 3 is 0.929 bits per heavy atom. The summed E-state index contributed by atoms with van der Waals surface area (Å²) in [7, 11) is 0. The molecule has 0 aliphatic carbocycles. The molecule has 0 aliphatic heterocycles. The average Bonchev–Trinajstić information content (AvgIpc) is 3.19. The van der Waals surface area contributed by atoms with Gasteiger partial charge in [-0.2, -0.15) is 0 Å². The maximum atomic E-state index is 12.7. The third-order valence-electron chi connectivity index (χ3n) is 11.9. The Balaban J connectivity index is 4.34. The molecule has 2 unspecified atom stereocenters. The highest BCUT2D eigenvalue weighted by molar-refractivity contribution is 5.71. The van der Waals surface area contributed by atoms with Crippen molar-refractivity contribution in [3.05, 3.63) is 0 Å². The number of ether oxygens (including phenoxy) is 3. The zero-order valence-corrected chi connectivity index (χ0v) is 38.3. The zero-order valence-electron chi connectivity index (χ0n) is 38.3. The molecule has 0 aromatic heterocycles. The lowest BCUT2D eigenvalue weighted by molar-refractivity contribution is -0.167. The van der Waals surface area contributed by atoms with E-state index in [-0.39, 0.29) is 31.1 Å². The van der Waals surface area contributed by atoms with E-state index >= 15 is 0 Å². The van der Waals surface area contributed by atoms with Gasteiger partial charge in [0, 0.05) is 19.3 Å². The molecule has 0 saturated heterocycles. The Bertz CT molecular complexity index is 858. The predicted octanol–water partition coefficient (Wildman–Crippen LogP) is 15.8. The van der Waals surface area contributed by atoms with Gasteiger partial charge in [0.15, 0.2) is 6.10 Å². The molecule has 0 aliphatic rings. The van der Waals surface area contributed by atoms with E-state index in [1.54, 1.807) is 0 Å². The van der Waals surface area contributed by atoms with Crippen molar-refractivity contribution >= 4 is 17.9 Å². The molecule has 0 rings (SSSR count). The summed E-state index contributed by atoms with van der Waals surface area (Å²) < 4.78 is 16.8. The van der Waals surface area contributed by atoms with E-state index in [4.69, 9.17) is 14.2 Å². The summed E-state index contributed by atoms with van der Waals surface area (Å²) in [6.07, 6.45) is 42.1. The van der Waals surface area contributed by atoms with Gasteiger partial charge in [0.2, 0.25) is 0 Å². The van der Waals surface area contributed by atoms with Crippen LogP contribution in [0.2, 0.25) is 0 Å². The van der Waals surface area contributed by atoms with Crippen molar-refractivity contribution in [2.24, 2.45) is 11.8 Å². The van der Waals surface area contributed by atoms with Gasteiger partial charge in [-0.25, -0.2) is 0 Å². The monoisotopic (exact) mass is 793 g/mol. The minimum absolute atomic E-state index is 0.0645. The number of hydrogen-bond donors (Lipinski definition) is 0. The third-order valence-corrected chi connectivity index (χ3v) is 11.9. The number of carbonyl (C=O) groups excluding carboxylic acids is 3. The summed E-state index contributed by atoms with van der Waals surface area (Å²) in [5, 5.41) is 0. The van der Waals surface area contributed by atoms with Crippen molar-refractivity contribution in [3.63, 3.8) is 0 Å². The lowest BCUT2D eigenvalue weighted by atomic mass is 9.99. The highest BCUT2D eigenvalue weighted by Crippen LogP contribution is 2.18. The summed E-state index contributed by atoms with van der Waals surface area (Å²) in [6, 6.07) is 0. The van der Waals surface area contributed by atoms with Gasteiger partial charge >= 0.3 is 17.9 Å². The van der Waals surface area contributed by atoms with Crippen LogP contribution in [0.1, 0.15) is 272 Å². The number of esters is 3. The molecule has 0 N–H and O–H groups in total. The van der Waals surface area contributed by atoms with Crippen LogP contribution >= 0.6 is 0 Å². The van der Waals surface area contributed by atoms with Gasteiger partial charge in [-0.1, -0.05) is 234 Å². The van der Waals surface area contributed by atoms with Crippen LogP contribution < -0.4 is 0 Å². The maximum Gasteiger partial charge on any atom is 0.306 e. The summed E-state index contributed by atoms with van der Waals surface area (Å²) in [5.74, 6) is 0.861. The lowest BCUT2D eigenvalue weighted by Gasteiger charge is -2.18. The molecule has 0 aromatic rings. The van der Waals surface area contributed by atoms with Gasteiger partial charge in [0.1, 0.15) is 13.2 Å². The minimum atomic E-state index is -0.761. The van der Waals surface area contributed by atoms with Crippen molar-refractivity contribution in [2.45, 2.75) is 278 Å². The smallest absolute Gasteiger partial charge is 0.306 e. The Kier molecular flexibility index (Phi) is 41.8. The average molecular weight is 793 g/mol. The van der Waals surface area contributed by atoms with Crippen LogP contribution in [-0.4, -0.2) is 37.2 Å². The van der Waals surface area contributed by atoms with E-state index in [0.717, 1.165) is 69.6 Å². The molecule has 0 fully saturated rings. The van der Waals surface area contributed by atoms with Crippen LogP contribution in [0, 0.1) is 11.8 Å². The second-order valence-corrected chi connectivity index (χ2v) is 17.6. The van der Waals surface area contributed by atoms with E-state index < -0.39 is 6.10 Å². The standard InChI is InChI=1S/C50H96O6/c1-6-9-10-11-12-13-14-15-19-25-30-35-40-48(51)54-43-47(56-50(53)42-37-32-27-22-21-24-29-34-39-46(5)8-3)44-55-49(52)41-36-31-26-20-17-16-18-23-28-33-38-45(4)7-2/h45-47H,6-44H2,1-5H3/t45?,46?,47-/m1/s1. The fourth-order valence-corrected chi connectivity index (χ4v) is 7.39. The fourth-order valence-electron chi connectivity index (χ4n) is 7.39. The first-order chi connectivity index (χ1) is 27.3. The summed E-state index contributed by atoms with van der Waals surface area (Å²) in [6.45, 7) is 11.4. The van der Waals surface area contributed by atoms with Crippen LogP contribution in [0.15, 0.2) is 0 Å². The van der Waals surface area contributed by atoms with Gasteiger partial charge < -0.3 is 14.2 Å². The highest BCUT2D eigenvalue weighted by atomic mass is 16.6. The first-order valence-corrected chi connectivity index (χ1v) is 24.8. The summed E-state index contributed by atoms with van der Waals surface area (Å²) >= 11 is 0. The molecule has 0 amide bonds. The van der Waals surface area contributed by atoms with Gasteiger partial charge in [-0.15, -0.1) is 0 Å². The number of unbranched alkanes of at least 4 members (excludes halogenated alkanes) is 27. The second kappa shape index (κ2) is 43.0. The molecule has 0 radical (unpaired) electrons. The molecule has 0 saturated carbocycles. The normalized spacial score (nSPS) is 13.0. The highest BCUT2D eigenvalue weighted by Gasteiger charge is 2.19. The Morgan fingerprint density at radius 2 is 0.625 bits per heavy atom. The topological polar surface area (TPSA) is 78.9 Å². The predicted molar refractivity (Wildman–Crippen MR) is 238 cm³/mol. The minimum Gasteiger partial charge on any atom is -0.462 e. The van der Waals surface area contributed by atoms with Crippen molar-refractivity contribution in [1.82, 2.24) is 0 Å². The largest absolute Gasteiger partial charge is 0.462 e. The fraction of sp³-hybridized carbons (Fsp3) is 0.940. The zero-order chi connectivity index (χ0) is 41.2. The van der Waals surface area contributed by atoms with Crippen LogP contribution in [0.4, 0.5) is 0 Å². The lowest BCUT2D eigenvalue weighted by Crippen LogP contribution is -2.30. The molecule has 6 nitrogen and oxygen atoms in total. The summed E-state index contributed by atoms with van der Waals surface area (Å²) in [4.78, 5) is 37.8. The van der Waals surface area contributed by atoms with Crippen LogP contribution in [0.3, 0.4) is 0 Å². The quantitative estimate of drug-likeness (QED) is 0.0347. The van der Waals surface area contributed by atoms with Crippen molar-refractivity contribution in [1.29, 1.82) is 0 Å². The van der Waals surface area contributed by atoms with Crippen molar-refractivity contribution in [2.75, 3.05) is 13.2 Å². The van der Waals surface area contributed by atoms with Crippen LogP contribution in [0.5, 0.6) is 0 Å². The molecule has 56 heavy (non-hydrogen) atoms. The molecule has 332 valence electrons. The Morgan fingerprint density at radius 1 is 0.357 bits per heavy atom. The van der Waals surface area contributed by atoms with Crippen molar-refractivity contribution < 1.29 is 28.6 Å². The van der Waals surface area contributed by atoms with E-state index in [0.29, 0.717) is 19.3 Å². The number of carbonyl (C=O) groups is 3. The van der Waals surface area contributed by atoms with E-state index in [1.165, 1.54) is 161 Å². The third kappa shape index (κ3) is 40.6.